The lowest BCUT2D eigenvalue weighted by Gasteiger charge is -2.13. The molecule has 32 heavy (non-hydrogen) atoms. The SMILES string of the molecule is COc1ncc(-c2cc(OCCCCCCC(=O)NO)c3nc(N)nc(C)c3c2)cc1F. The summed E-state index contributed by atoms with van der Waals surface area (Å²) in [5.74, 6) is -0.360. The number of nitrogen functional groups attached to an aromatic ring is 1. The normalized spacial score (nSPS) is 10.9. The number of aryl methyl sites for hydroxylation is 1. The van der Waals surface area contributed by atoms with Crippen LogP contribution in [0.5, 0.6) is 11.6 Å². The average Bonchev–Trinajstić information content (AvgIpc) is 2.78. The molecule has 170 valence electrons. The van der Waals surface area contributed by atoms with Gasteiger partial charge in [0.2, 0.25) is 17.7 Å². The second-order valence-corrected chi connectivity index (χ2v) is 7.30. The number of aromatic nitrogens is 3. The van der Waals surface area contributed by atoms with E-state index in [1.165, 1.54) is 19.4 Å². The number of amides is 1. The van der Waals surface area contributed by atoms with E-state index < -0.39 is 5.82 Å². The van der Waals surface area contributed by atoms with Crippen LogP contribution in [0.15, 0.2) is 24.4 Å². The number of carbonyl (C=O) groups is 1. The molecule has 0 radical (unpaired) electrons. The maximum Gasteiger partial charge on any atom is 0.250 e. The number of pyridine rings is 1. The number of hydrogen-bond donors (Lipinski definition) is 3. The Morgan fingerprint density at radius 3 is 2.66 bits per heavy atom. The number of methoxy groups -OCH3 is 1. The van der Waals surface area contributed by atoms with Gasteiger partial charge in [0.05, 0.1) is 19.4 Å². The molecule has 4 N–H and O–H groups in total. The Morgan fingerprint density at radius 2 is 1.94 bits per heavy atom. The summed E-state index contributed by atoms with van der Waals surface area (Å²) in [6.07, 6.45) is 4.96. The van der Waals surface area contributed by atoms with Crippen molar-refractivity contribution in [1.29, 1.82) is 0 Å². The van der Waals surface area contributed by atoms with E-state index in [9.17, 15) is 9.18 Å². The molecule has 1 aromatic carbocycles. The van der Waals surface area contributed by atoms with Crippen LogP contribution in [0.3, 0.4) is 0 Å². The van der Waals surface area contributed by atoms with Gasteiger partial charge >= 0.3 is 0 Å². The number of anilines is 1. The lowest BCUT2D eigenvalue weighted by molar-refractivity contribution is -0.129. The minimum atomic E-state index is -0.562. The summed E-state index contributed by atoms with van der Waals surface area (Å²) < 4.78 is 25.1. The maximum absolute atomic E-state index is 14.2. The third-order valence-corrected chi connectivity index (χ3v) is 4.99. The van der Waals surface area contributed by atoms with Gasteiger partial charge in [-0.2, -0.15) is 0 Å². The van der Waals surface area contributed by atoms with Crippen molar-refractivity contribution in [3.05, 3.63) is 35.9 Å². The minimum absolute atomic E-state index is 0.0743. The number of nitrogens with zero attached hydrogens (tertiary/aromatic N) is 3. The molecule has 3 aromatic rings. The van der Waals surface area contributed by atoms with Gasteiger partial charge in [-0.1, -0.05) is 12.8 Å². The van der Waals surface area contributed by atoms with Crippen LogP contribution in [0, 0.1) is 12.7 Å². The van der Waals surface area contributed by atoms with E-state index in [4.69, 9.17) is 20.4 Å². The standard InChI is InChI=1S/C22H26FN5O4/c1-13-16-9-14(15-10-17(23)21(31-2)25-12-15)11-18(20(16)27-22(24)26-13)32-8-6-4-3-5-7-19(29)28-30/h9-12,30H,3-8H2,1-2H3,(H,28,29)(H2,24,26,27). The van der Waals surface area contributed by atoms with Crippen LogP contribution < -0.4 is 20.7 Å². The summed E-state index contributed by atoms with van der Waals surface area (Å²) >= 11 is 0. The smallest absolute Gasteiger partial charge is 0.250 e. The number of halogens is 1. The number of fused-ring (bicyclic) bond motifs is 1. The first kappa shape index (κ1) is 23.1. The Balaban J connectivity index is 1.80. The third kappa shape index (κ3) is 5.58. The molecule has 0 saturated heterocycles. The van der Waals surface area contributed by atoms with E-state index in [0.29, 0.717) is 41.1 Å². The largest absolute Gasteiger partial charge is 0.491 e. The molecule has 1 amide bonds. The van der Waals surface area contributed by atoms with Crippen molar-refractivity contribution in [2.24, 2.45) is 0 Å². The van der Waals surface area contributed by atoms with E-state index >= 15 is 0 Å². The Kier molecular flexibility index (Phi) is 7.72. The molecule has 9 nitrogen and oxygen atoms in total. The zero-order valence-corrected chi connectivity index (χ0v) is 18.0. The van der Waals surface area contributed by atoms with Crippen LogP contribution in [0.1, 0.15) is 37.8 Å². The molecular formula is C22H26FN5O4. The van der Waals surface area contributed by atoms with Crippen LogP contribution in [0.2, 0.25) is 0 Å². The van der Waals surface area contributed by atoms with Crippen LogP contribution in [0.25, 0.3) is 22.0 Å². The van der Waals surface area contributed by atoms with Crippen molar-refractivity contribution < 1.29 is 23.9 Å². The highest BCUT2D eigenvalue weighted by atomic mass is 19.1. The van der Waals surface area contributed by atoms with Gasteiger partial charge in [-0.25, -0.2) is 24.8 Å². The van der Waals surface area contributed by atoms with Crippen molar-refractivity contribution in [2.75, 3.05) is 19.5 Å². The molecule has 0 aliphatic heterocycles. The molecule has 0 bridgehead atoms. The molecule has 10 heteroatoms. The summed E-state index contributed by atoms with van der Waals surface area (Å²) in [4.78, 5) is 23.6. The topological polar surface area (TPSA) is 132 Å². The van der Waals surface area contributed by atoms with Gasteiger partial charge in [-0.3, -0.25) is 10.0 Å². The lowest BCUT2D eigenvalue weighted by atomic mass is 10.0. The summed E-state index contributed by atoms with van der Waals surface area (Å²) in [5, 5.41) is 9.25. The van der Waals surface area contributed by atoms with Crippen molar-refractivity contribution in [1.82, 2.24) is 20.4 Å². The van der Waals surface area contributed by atoms with Gasteiger partial charge in [0.15, 0.2) is 5.82 Å². The molecule has 0 aliphatic rings. The first-order valence-electron chi connectivity index (χ1n) is 10.3. The molecule has 0 aliphatic carbocycles. The zero-order valence-electron chi connectivity index (χ0n) is 18.0. The van der Waals surface area contributed by atoms with E-state index in [2.05, 4.69) is 15.0 Å². The number of benzene rings is 1. The number of hydroxylamine groups is 1. The molecule has 0 unspecified atom stereocenters. The van der Waals surface area contributed by atoms with Gasteiger partial charge in [0.25, 0.3) is 0 Å². The van der Waals surface area contributed by atoms with Gasteiger partial charge < -0.3 is 15.2 Å². The van der Waals surface area contributed by atoms with E-state index in [1.54, 1.807) is 11.5 Å². The van der Waals surface area contributed by atoms with E-state index in [0.717, 1.165) is 24.6 Å². The fraction of sp³-hybridized carbons (Fsp3) is 0.364. The Bertz CT molecular complexity index is 1110. The maximum atomic E-state index is 14.2. The second-order valence-electron chi connectivity index (χ2n) is 7.30. The van der Waals surface area contributed by atoms with Crippen molar-refractivity contribution in [3.8, 4) is 22.8 Å². The van der Waals surface area contributed by atoms with E-state index in [-0.39, 0.29) is 24.2 Å². The molecule has 2 aromatic heterocycles. The molecule has 0 spiro atoms. The molecule has 0 atom stereocenters. The highest BCUT2D eigenvalue weighted by molar-refractivity contribution is 5.91. The van der Waals surface area contributed by atoms with Crippen molar-refractivity contribution >= 4 is 22.8 Å². The molecule has 0 saturated carbocycles. The quantitative estimate of drug-likeness (QED) is 0.246. The van der Waals surface area contributed by atoms with Gasteiger partial charge in [-0.05, 0) is 43.5 Å². The first-order chi connectivity index (χ1) is 15.4. The predicted molar refractivity (Wildman–Crippen MR) is 117 cm³/mol. The Labute approximate surface area is 184 Å². The Morgan fingerprint density at radius 1 is 1.16 bits per heavy atom. The van der Waals surface area contributed by atoms with Crippen LogP contribution in [-0.2, 0) is 4.79 Å². The number of carbonyl (C=O) groups excluding carboxylic acids is 1. The molecular weight excluding hydrogens is 417 g/mol. The number of ether oxygens (including phenoxy) is 2. The zero-order chi connectivity index (χ0) is 23.1. The van der Waals surface area contributed by atoms with Crippen molar-refractivity contribution in [3.63, 3.8) is 0 Å². The first-order valence-corrected chi connectivity index (χ1v) is 10.3. The van der Waals surface area contributed by atoms with Gasteiger partial charge in [0, 0.05) is 23.6 Å². The number of nitrogens with two attached hydrogens (primary N) is 1. The van der Waals surface area contributed by atoms with Gasteiger partial charge in [-0.15, -0.1) is 0 Å². The monoisotopic (exact) mass is 443 g/mol. The number of rotatable bonds is 10. The van der Waals surface area contributed by atoms with Crippen LogP contribution >= 0.6 is 0 Å². The fourth-order valence-corrected chi connectivity index (χ4v) is 3.36. The molecule has 2 heterocycles. The molecule has 0 fully saturated rings. The highest BCUT2D eigenvalue weighted by Gasteiger charge is 2.14. The van der Waals surface area contributed by atoms with Crippen molar-refractivity contribution in [2.45, 2.75) is 39.0 Å². The summed E-state index contributed by atoms with van der Waals surface area (Å²) in [7, 11) is 1.36. The van der Waals surface area contributed by atoms with Crippen LogP contribution in [0.4, 0.5) is 10.3 Å². The van der Waals surface area contributed by atoms with Crippen LogP contribution in [-0.4, -0.2) is 39.8 Å². The second kappa shape index (κ2) is 10.7. The number of hydrogen-bond acceptors (Lipinski definition) is 8. The number of unbranched alkanes of at least 4 members (excludes halogenated alkanes) is 3. The third-order valence-electron chi connectivity index (χ3n) is 4.99. The lowest BCUT2D eigenvalue weighted by Crippen LogP contribution is -2.17. The Hall–Kier alpha value is -3.53. The average molecular weight is 443 g/mol. The minimum Gasteiger partial charge on any atom is -0.491 e. The summed E-state index contributed by atoms with van der Waals surface area (Å²) in [5.41, 5.74) is 9.99. The molecule has 3 rings (SSSR count). The fourth-order valence-electron chi connectivity index (χ4n) is 3.36. The summed E-state index contributed by atoms with van der Waals surface area (Å²) in [6, 6.07) is 4.99. The predicted octanol–water partition coefficient (Wildman–Crippen LogP) is 3.56. The van der Waals surface area contributed by atoms with Gasteiger partial charge in [0.1, 0.15) is 11.3 Å². The highest BCUT2D eigenvalue weighted by Crippen LogP contribution is 2.34. The number of nitrogens with one attached hydrogen (secondary N) is 1. The van der Waals surface area contributed by atoms with E-state index in [1.807, 2.05) is 13.0 Å². The summed E-state index contributed by atoms with van der Waals surface area (Å²) in [6.45, 7) is 2.26.